The van der Waals surface area contributed by atoms with Gasteiger partial charge in [-0.2, -0.15) is 18.2 Å². The molecule has 0 radical (unpaired) electrons. The van der Waals surface area contributed by atoms with E-state index in [0.717, 1.165) is 50.6 Å². The van der Waals surface area contributed by atoms with Gasteiger partial charge in [0, 0.05) is 36.8 Å². The second-order valence-corrected chi connectivity index (χ2v) is 10.8. The van der Waals surface area contributed by atoms with Gasteiger partial charge in [0.05, 0.1) is 6.54 Å². The summed E-state index contributed by atoms with van der Waals surface area (Å²) in [6, 6.07) is 9.64. The summed E-state index contributed by atoms with van der Waals surface area (Å²) in [4.78, 5) is 46.2. The summed E-state index contributed by atoms with van der Waals surface area (Å²) in [5, 5.41) is 0.0889. The first-order valence-electron chi connectivity index (χ1n) is 13.8. The Morgan fingerprint density at radius 3 is 2.16 bits per heavy atom. The largest absolute Gasteiger partial charge is 0.573 e. The van der Waals surface area contributed by atoms with Crippen molar-refractivity contribution in [3.8, 4) is 5.75 Å². The molecule has 0 aliphatic carbocycles. The fourth-order valence-electron chi connectivity index (χ4n) is 5.38. The van der Waals surface area contributed by atoms with Crippen LogP contribution in [0.3, 0.4) is 0 Å². The van der Waals surface area contributed by atoms with Gasteiger partial charge in [0.2, 0.25) is 0 Å². The zero-order valence-electron chi connectivity index (χ0n) is 23.3. The minimum atomic E-state index is -5.45. The van der Waals surface area contributed by atoms with Crippen LogP contribution in [0.4, 0.5) is 26.3 Å². The van der Waals surface area contributed by atoms with Gasteiger partial charge >= 0.3 is 18.5 Å². The highest BCUT2D eigenvalue weighted by Gasteiger charge is 2.43. The molecule has 1 unspecified atom stereocenters. The summed E-state index contributed by atoms with van der Waals surface area (Å²) < 4.78 is 80.4. The Hall–Kier alpha value is -3.81. The van der Waals surface area contributed by atoms with Crippen LogP contribution in [0.5, 0.6) is 5.75 Å². The summed E-state index contributed by atoms with van der Waals surface area (Å²) in [5.74, 6) is -4.17. The predicted octanol–water partition coefficient (Wildman–Crippen LogP) is 5.58. The van der Waals surface area contributed by atoms with Gasteiger partial charge in [-0.25, -0.2) is 4.79 Å². The first-order chi connectivity index (χ1) is 20.2. The molecule has 0 saturated carbocycles. The molecule has 2 saturated heterocycles. The molecule has 2 aromatic rings. The molecule has 2 aliphatic rings. The van der Waals surface area contributed by atoms with E-state index in [1.54, 1.807) is 4.90 Å². The monoisotopic (exact) mass is 615 g/mol. The zero-order chi connectivity index (χ0) is 31.4. The van der Waals surface area contributed by atoms with Crippen LogP contribution < -0.4 is 4.74 Å². The molecule has 43 heavy (non-hydrogen) atoms. The molecule has 0 aromatic heterocycles. The maximum atomic E-state index is 13.1. The molecule has 2 aliphatic heterocycles. The minimum Gasteiger partial charge on any atom is -0.406 e. The minimum absolute atomic E-state index is 0.0889. The lowest BCUT2D eigenvalue weighted by Crippen LogP contribution is -2.49. The quantitative estimate of drug-likeness (QED) is 0.312. The molecule has 4 rings (SSSR count). The number of benzene rings is 2. The van der Waals surface area contributed by atoms with Crippen molar-refractivity contribution in [2.75, 3.05) is 26.2 Å². The topological polar surface area (TPSA) is 79.4 Å². The molecular formula is C29H31F6N3O5. The van der Waals surface area contributed by atoms with Crippen LogP contribution in [0.2, 0.25) is 0 Å². The maximum absolute atomic E-state index is 13.1. The van der Waals surface area contributed by atoms with Crippen molar-refractivity contribution in [1.82, 2.24) is 14.9 Å². The summed E-state index contributed by atoms with van der Waals surface area (Å²) in [6.45, 7) is 4.66. The van der Waals surface area contributed by atoms with Crippen molar-refractivity contribution in [3.05, 3.63) is 65.2 Å². The first-order valence-corrected chi connectivity index (χ1v) is 13.8. The van der Waals surface area contributed by atoms with Gasteiger partial charge < -0.3 is 14.5 Å². The Morgan fingerprint density at radius 2 is 1.56 bits per heavy atom. The summed E-state index contributed by atoms with van der Waals surface area (Å²) in [7, 11) is 0. The fraction of sp³-hybridized carbons (Fsp3) is 0.483. The zero-order valence-corrected chi connectivity index (χ0v) is 23.3. The molecular weight excluding hydrogens is 584 g/mol. The van der Waals surface area contributed by atoms with E-state index in [1.165, 1.54) is 36.8 Å². The number of ether oxygens (including phenoxy) is 1. The van der Waals surface area contributed by atoms with Crippen molar-refractivity contribution < 1.29 is 50.3 Å². The highest BCUT2D eigenvalue weighted by molar-refractivity contribution is 5.98. The second kappa shape index (κ2) is 13.2. The third kappa shape index (κ3) is 8.85. The van der Waals surface area contributed by atoms with E-state index in [2.05, 4.69) is 21.4 Å². The van der Waals surface area contributed by atoms with Gasteiger partial charge in [0.15, 0.2) is 0 Å². The van der Waals surface area contributed by atoms with Gasteiger partial charge in [0.1, 0.15) is 5.75 Å². The molecule has 8 nitrogen and oxygen atoms in total. The fourth-order valence-corrected chi connectivity index (χ4v) is 5.38. The third-order valence-electron chi connectivity index (χ3n) is 7.44. The number of hydroxylamine groups is 2. The van der Waals surface area contributed by atoms with E-state index < -0.39 is 36.7 Å². The highest BCUT2D eigenvalue weighted by Crippen LogP contribution is 2.27. The number of halogens is 6. The Bertz CT molecular complexity index is 1290. The number of carbonyl (C=O) groups is 3. The molecule has 0 bridgehead atoms. The van der Waals surface area contributed by atoms with Gasteiger partial charge in [-0.05, 0) is 80.1 Å². The van der Waals surface area contributed by atoms with E-state index in [-0.39, 0.29) is 27.7 Å². The normalized spacial score (nSPS) is 18.7. The summed E-state index contributed by atoms with van der Waals surface area (Å²) in [5.41, 5.74) is -0.0659. The van der Waals surface area contributed by atoms with Crippen LogP contribution in [-0.2, 0) is 16.2 Å². The Kier molecular flexibility index (Phi) is 9.88. The Labute approximate surface area is 244 Å². The number of amides is 2. The van der Waals surface area contributed by atoms with Crippen molar-refractivity contribution >= 4 is 17.8 Å². The second-order valence-electron chi connectivity index (χ2n) is 10.8. The Morgan fingerprint density at radius 1 is 0.907 bits per heavy atom. The van der Waals surface area contributed by atoms with Gasteiger partial charge in [-0.1, -0.05) is 19.1 Å². The van der Waals surface area contributed by atoms with Gasteiger partial charge in [-0.3, -0.25) is 14.5 Å². The van der Waals surface area contributed by atoms with Gasteiger partial charge in [-0.15, -0.1) is 13.2 Å². The highest BCUT2D eigenvalue weighted by atomic mass is 19.4. The molecule has 0 spiro atoms. The number of rotatable bonds is 6. The van der Waals surface area contributed by atoms with Crippen molar-refractivity contribution in [3.63, 3.8) is 0 Å². The molecule has 2 amide bonds. The van der Waals surface area contributed by atoms with Crippen molar-refractivity contribution in [2.24, 2.45) is 5.92 Å². The lowest BCUT2D eigenvalue weighted by atomic mass is 9.95. The molecule has 1 atom stereocenters. The molecule has 234 valence electrons. The van der Waals surface area contributed by atoms with E-state index in [0.29, 0.717) is 25.0 Å². The molecule has 14 heteroatoms. The van der Waals surface area contributed by atoms with E-state index >= 15 is 0 Å². The molecule has 2 fully saturated rings. The lowest BCUT2D eigenvalue weighted by Gasteiger charge is -2.41. The first kappa shape index (κ1) is 32.1. The predicted molar refractivity (Wildman–Crippen MR) is 140 cm³/mol. The van der Waals surface area contributed by atoms with Crippen LogP contribution in [-0.4, -0.2) is 77.4 Å². The summed E-state index contributed by atoms with van der Waals surface area (Å²) in [6.07, 6.45) is -6.42. The molecule has 2 heterocycles. The number of nitrogens with zero attached hydrogens (tertiary/aromatic N) is 3. The lowest BCUT2D eigenvalue weighted by molar-refractivity contribution is -0.274. The van der Waals surface area contributed by atoms with Crippen LogP contribution >= 0.6 is 0 Å². The van der Waals surface area contributed by atoms with Crippen LogP contribution in [0.25, 0.3) is 0 Å². The van der Waals surface area contributed by atoms with Gasteiger partial charge in [0.25, 0.3) is 11.8 Å². The summed E-state index contributed by atoms with van der Waals surface area (Å²) >= 11 is 0. The number of piperidine rings is 2. The molecule has 0 N–H and O–H groups in total. The van der Waals surface area contributed by atoms with Crippen LogP contribution in [0.1, 0.15) is 58.9 Å². The smallest absolute Gasteiger partial charge is 0.406 e. The average Bonchev–Trinajstić information content (AvgIpc) is 2.95. The number of likely N-dealkylation sites (tertiary alicyclic amines) is 2. The van der Waals surface area contributed by atoms with Crippen LogP contribution in [0.15, 0.2) is 48.5 Å². The SMILES string of the molecule is CC1CCCN(C2CCN(C(=O)c3ccc(C(=O)N(Cc4cccc(OC(F)(F)F)c4)OC(=O)C(F)(F)F)cc3)CC2)C1. The average molecular weight is 616 g/mol. The number of carbonyl (C=O) groups excluding carboxylic acids is 3. The maximum Gasteiger partial charge on any atom is 0.573 e. The number of alkyl halides is 6. The van der Waals surface area contributed by atoms with E-state index in [4.69, 9.17) is 0 Å². The van der Waals surface area contributed by atoms with Crippen molar-refractivity contribution in [2.45, 2.75) is 57.7 Å². The van der Waals surface area contributed by atoms with E-state index in [1.807, 2.05) is 0 Å². The van der Waals surface area contributed by atoms with E-state index in [9.17, 15) is 40.7 Å². The van der Waals surface area contributed by atoms with Crippen molar-refractivity contribution in [1.29, 1.82) is 0 Å². The molecule has 2 aromatic carbocycles. The van der Waals surface area contributed by atoms with Crippen LogP contribution in [0, 0.1) is 5.92 Å². The number of hydrogen-bond acceptors (Lipinski definition) is 6. The third-order valence-corrected chi connectivity index (χ3v) is 7.44. The number of hydrogen-bond donors (Lipinski definition) is 0. The Balaban J connectivity index is 1.43. The standard InChI is InChI=1S/C29H31F6N3O5/c1-19-4-3-13-37(17-19)23-11-14-36(15-12-23)25(39)21-7-9-22(10-8-21)26(40)38(43-27(41)28(30,31)32)18-20-5-2-6-24(16-20)42-29(33,34)35/h2,5-10,16,19,23H,3-4,11-15,17-18H2,1H3.